The lowest BCUT2D eigenvalue weighted by Crippen LogP contribution is -2.49. The molecule has 0 spiro atoms. The number of fused-ring (bicyclic) bond motifs is 5. The van der Waals surface area contributed by atoms with Gasteiger partial charge in [0.15, 0.2) is 0 Å². The first kappa shape index (κ1) is 13.4. The summed E-state index contributed by atoms with van der Waals surface area (Å²) in [6, 6.07) is 0. The van der Waals surface area contributed by atoms with Crippen molar-refractivity contribution in [1.82, 2.24) is 0 Å². The summed E-state index contributed by atoms with van der Waals surface area (Å²) < 4.78 is 0. The second kappa shape index (κ2) is 4.35. The lowest BCUT2D eigenvalue weighted by Gasteiger charge is -2.57. The van der Waals surface area contributed by atoms with Gasteiger partial charge in [-0.15, -0.1) is 0 Å². The van der Waals surface area contributed by atoms with Crippen LogP contribution in [0.3, 0.4) is 0 Å². The highest BCUT2D eigenvalue weighted by molar-refractivity contribution is 5.25. The van der Waals surface area contributed by atoms with Gasteiger partial charge in [0.25, 0.3) is 0 Å². The molecule has 112 valence electrons. The zero-order chi connectivity index (χ0) is 14.0. The van der Waals surface area contributed by atoms with E-state index >= 15 is 0 Å². The van der Waals surface area contributed by atoms with Crippen LogP contribution in [0, 0.1) is 28.6 Å². The lowest BCUT2D eigenvalue weighted by molar-refractivity contribution is -0.0411. The van der Waals surface area contributed by atoms with Crippen molar-refractivity contribution in [2.45, 2.75) is 77.7 Å². The van der Waals surface area contributed by atoms with Crippen LogP contribution >= 0.6 is 0 Å². The maximum Gasteiger partial charge on any atom is 0.0724 e. The minimum absolute atomic E-state index is 0.157. The molecule has 0 unspecified atom stereocenters. The molecule has 1 heteroatoms. The van der Waals surface area contributed by atoms with E-state index in [0.29, 0.717) is 10.8 Å². The fourth-order valence-corrected chi connectivity index (χ4v) is 6.70. The second-order valence-electron chi connectivity index (χ2n) is 8.72. The Labute approximate surface area is 123 Å². The van der Waals surface area contributed by atoms with Crippen LogP contribution in [0.15, 0.2) is 11.6 Å². The van der Waals surface area contributed by atoms with Crippen LogP contribution in [0.1, 0.15) is 71.6 Å². The minimum atomic E-state index is -0.157. The monoisotopic (exact) mass is 274 g/mol. The molecule has 1 nitrogen and oxygen atoms in total. The van der Waals surface area contributed by atoms with E-state index in [1.54, 1.807) is 5.57 Å². The van der Waals surface area contributed by atoms with Crippen LogP contribution in [0.5, 0.6) is 0 Å². The Morgan fingerprint density at radius 2 is 1.85 bits per heavy atom. The van der Waals surface area contributed by atoms with E-state index < -0.39 is 0 Å². The molecule has 0 amide bonds. The molecule has 0 aromatic carbocycles. The molecular weight excluding hydrogens is 244 g/mol. The zero-order valence-corrected chi connectivity index (χ0v) is 13.2. The number of allylic oxidation sites excluding steroid dienone is 1. The molecule has 0 aromatic rings. The van der Waals surface area contributed by atoms with Crippen LogP contribution in [0.25, 0.3) is 0 Å². The summed E-state index contributed by atoms with van der Waals surface area (Å²) in [5.74, 6) is 2.89. The van der Waals surface area contributed by atoms with E-state index in [-0.39, 0.29) is 6.10 Å². The summed E-state index contributed by atoms with van der Waals surface area (Å²) in [5, 5.41) is 9.97. The molecule has 4 aliphatic carbocycles. The quantitative estimate of drug-likeness (QED) is 0.635. The number of hydrogen-bond acceptors (Lipinski definition) is 1. The first-order valence-corrected chi connectivity index (χ1v) is 8.92. The first-order chi connectivity index (χ1) is 9.53. The summed E-state index contributed by atoms with van der Waals surface area (Å²) in [5.41, 5.74) is 2.71. The van der Waals surface area contributed by atoms with Gasteiger partial charge in [0, 0.05) is 0 Å². The molecule has 1 N–H and O–H groups in total. The minimum Gasteiger partial charge on any atom is -0.389 e. The molecule has 0 saturated heterocycles. The fraction of sp³-hybridized carbons (Fsp3) is 0.895. The van der Waals surface area contributed by atoms with Gasteiger partial charge in [-0.1, -0.05) is 31.9 Å². The van der Waals surface area contributed by atoms with Crippen molar-refractivity contribution in [2.24, 2.45) is 28.6 Å². The summed E-state index contributed by atoms with van der Waals surface area (Å²) >= 11 is 0. The van der Waals surface area contributed by atoms with Gasteiger partial charge in [0.2, 0.25) is 0 Å². The van der Waals surface area contributed by atoms with E-state index in [1.165, 1.54) is 51.4 Å². The van der Waals surface area contributed by atoms with E-state index in [4.69, 9.17) is 0 Å². The van der Waals surface area contributed by atoms with Gasteiger partial charge in [-0.05, 0) is 80.0 Å². The molecule has 0 bridgehead atoms. The summed E-state index contributed by atoms with van der Waals surface area (Å²) in [7, 11) is 0. The highest BCUT2D eigenvalue weighted by Gasteiger charge is 2.55. The van der Waals surface area contributed by atoms with Crippen LogP contribution < -0.4 is 0 Å². The Morgan fingerprint density at radius 1 is 1.00 bits per heavy atom. The Morgan fingerprint density at radius 3 is 2.70 bits per heavy atom. The Kier molecular flexibility index (Phi) is 2.91. The summed E-state index contributed by atoms with van der Waals surface area (Å²) in [4.78, 5) is 0. The SMILES string of the molecule is C[C@@]12CCC[C@@H]1[C@H]1CCC3=C[C@H](O)CC[C@]3(C)[C@@H]1CC2. The predicted octanol–water partition coefficient (Wildman–Crippen LogP) is 4.70. The first-order valence-electron chi connectivity index (χ1n) is 8.92. The molecule has 3 fully saturated rings. The highest BCUT2D eigenvalue weighted by Crippen LogP contribution is 2.65. The Bertz CT molecular complexity index is 439. The third kappa shape index (κ3) is 1.71. The van der Waals surface area contributed by atoms with Crippen molar-refractivity contribution in [3.8, 4) is 0 Å². The summed E-state index contributed by atoms with van der Waals surface area (Å²) in [6.45, 7) is 5.11. The molecule has 4 rings (SSSR count). The van der Waals surface area contributed by atoms with Crippen LogP contribution in [0.2, 0.25) is 0 Å². The average molecular weight is 274 g/mol. The maximum absolute atomic E-state index is 9.97. The van der Waals surface area contributed by atoms with Crippen molar-refractivity contribution in [3.63, 3.8) is 0 Å². The molecule has 0 aromatic heterocycles. The normalized spacial score (nSPS) is 54.6. The molecule has 20 heavy (non-hydrogen) atoms. The number of hydrogen-bond donors (Lipinski definition) is 1. The fourth-order valence-electron chi connectivity index (χ4n) is 6.70. The Balaban J connectivity index is 1.68. The smallest absolute Gasteiger partial charge is 0.0724 e. The maximum atomic E-state index is 9.97. The second-order valence-corrected chi connectivity index (χ2v) is 8.72. The third-order valence-electron chi connectivity index (χ3n) is 7.87. The molecule has 3 saturated carbocycles. The predicted molar refractivity (Wildman–Crippen MR) is 82.3 cm³/mol. The van der Waals surface area contributed by atoms with Crippen LogP contribution in [0.4, 0.5) is 0 Å². The lowest BCUT2D eigenvalue weighted by atomic mass is 9.47. The van der Waals surface area contributed by atoms with Gasteiger partial charge in [0.1, 0.15) is 0 Å². The van der Waals surface area contributed by atoms with E-state index in [9.17, 15) is 5.11 Å². The van der Waals surface area contributed by atoms with Gasteiger partial charge in [-0.25, -0.2) is 0 Å². The molecule has 0 aliphatic heterocycles. The van der Waals surface area contributed by atoms with Gasteiger partial charge in [-0.3, -0.25) is 0 Å². The van der Waals surface area contributed by atoms with Gasteiger partial charge in [-0.2, -0.15) is 0 Å². The molecule has 0 heterocycles. The molecular formula is C19H30O. The largest absolute Gasteiger partial charge is 0.389 e. The van der Waals surface area contributed by atoms with Crippen molar-refractivity contribution < 1.29 is 5.11 Å². The average Bonchev–Trinajstić information content (AvgIpc) is 2.81. The standard InChI is InChI=1S/C19H30O/c1-18-9-3-4-16(18)15-6-5-13-12-14(20)7-11-19(13,2)17(15)8-10-18/h12,14-17,20H,3-11H2,1-2H3/t14-,15-,16-,17-,18+,19+/m1/s1. The number of aliphatic hydroxyl groups is 1. The van der Waals surface area contributed by atoms with Crippen LogP contribution in [-0.2, 0) is 0 Å². The zero-order valence-electron chi connectivity index (χ0n) is 13.2. The van der Waals surface area contributed by atoms with Gasteiger partial charge in [0.05, 0.1) is 6.10 Å². The van der Waals surface area contributed by atoms with E-state index in [2.05, 4.69) is 19.9 Å². The van der Waals surface area contributed by atoms with E-state index in [0.717, 1.165) is 24.2 Å². The molecule has 6 atom stereocenters. The van der Waals surface area contributed by atoms with E-state index in [1.807, 2.05) is 0 Å². The Hall–Kier alpha value is -0.300. The molecule has 0 radical (unpaired) electrons. The highest BCUT2D eigenvalue weighted by atomic mass is 16.3. The van der Waals surface area contributed by atoms with Crippen LogP contribution in [-0.4, -0.2) is 11.2 Å². The third-order valence-corrected chi connectivity index (χ3v) is 7.87. The molecule has 4 aliphatic rings. The van der Waals surface area contributed by atoms with Crippen molar-refractivity contribution >= 4 is 0 Å². The van der Waals surface area contributed by atoms with Gasteiger partial charge < -0.3 is 5.11 Å². The van der Waals surface area contributed by atoms with Gasteiger partial charge >= 0.3 is 0 Å². The number of rotatable bonds is 0. The topological polar surface area (TPSA) is 20.2 Å². The van der Waals surface area contributed by atoms with Crippen molar-refractivity contribution in [3.05, 3.63) is 11.6 Å². The number of aliphatic hydroxyl groups excluding tert-OH is 1. The van der Waals surface area contributed by atoms with Crippen molar-refractivity contribution in [1.29, 1.82) is 0 Å². The summed E-state index contributed by atoms with van der Waals surface area (Å²) in [6.07, 6.45) is 14.3. The van der Waals surface area contributed by atoms with Crippen molar-refractivity contribution in [2.75, 3.05) is 0 Å².